The van der Waals surface area contributed by atoms with Crippen LogP contribution in [0.4, 0.5) is 0 Å². The number of carboxylic acid groups (broad SMARTS) is 1. The average Bonchev–Trinajstić information content (AvgIpc) is 2.79. The molecule has 0 bridgehead atoms. The van der Waals surface area contributed by atoms with Crippen LogP contribution in [-0.4, -0.2) is 151 Å². The standard InChI is InChI=1S/C18H29O16/c1-3-5(20)7(22)11(26)17(30-3)34-14-8(23)6(21)4(2-19)31-18(14)33-13-10(25)9(24)12(15(27)28)32-16(13)29/h3-14,16-26H,2H2,1H3,(H,27,28)/q-1/t3-,4+,5-,6-,7+,8-,9-,10-,11+,12-,13+,14+,16?,17-,18-/m0/s1. The molecular weight excluding hydrogens is 472 g/mol. The zero-order valence-electron chi connectivity index (χ0n) is 17.8. The molecule has 0 radical (unpaired) electrons. The highest BCUT2D eigenvalue weighted by Crippen LogP contribution is 2.32. The van der Waals surface area contributed by atoms with Crippen molar-refractivity contribution in [1.29, 1.82) is 0 Å². The number of aliphatic carboxylic acids is 1. The summed E-state index contributed by atoms with van der Waals surface area (Å²) in [4.78, 5) is 11.1. The predicted octanol–water partition coefficient (Wildman–Crippen LogP) is -7.09. The molecule has 3 fully saturated rings. The number of ether oxygens (including phenoxy) is 5. The first-order chi connectivity index (χ1) is 15.9. The largest absolute Gasteiger partial charge is 0.829 e. The number of aliphatic hydroxyl groups excluding tert-OH is 8. The molecular formula is C18H29O16-. The second-order valence-electron chi connectivity index (χ2n) is 8.33. The van der Waals surface area contributed by atoms with Crippen LogP contribution in [0.25, 0.3) is 0 Å². The van der Waals surface area contributed by atoms with E-state index in [4.69, 9.17) is 24.1 Å². The molecule has 3 aliphatic rings. The van der Waals surface area contributed by atoms with E-state index >= 15 is 0 Å². The molecule has 0 aromatic carbocycles. The fraction of sp³-hybridized carbons (Fsp3) is 0.944. The second-order valence-corrected chi connectivity index (χ2v) is 8.33. The Morgan fingerprint density at radius 2 is 1.35 bits per heavy atom. The lowest BCUT2D eigenvalue weighted by Crippen LogP contribution is -2.68. The fourth-order valence-corrected chi connectivity index (χ4v) is 3.93. The molecule has 16 heteroatoms. The number of carboxylic acids is 1. The quantitative estimate of drug-likeness (QED) is 0.163. The second kappa shape index (κ2) is 10.9. The van der Waals surface area contributed by atoms with Crippen molar-refractivity contribution in [2.75, 3.05) is 6.61 Å². The Bertz CT molecular complexity index is 695. The van der Waals surface area contributed by atoms with Gasteiger partial charge in [-0.25, -0.2) is 4.79 Å². The minimum absolute atomic E-state index is 0.830. The number of rotatable bonds is 6. The van der Waals surface area contributed by atoms with Crippen molar-refractivity contribution in [3.8, 4) is 0 Å². The van der Waals surface area contributed by atoms with Crippen LogP contribution >= 0.6 is 0 Å². The summed E-state index contributed by atoms with van der Waals surface area (Å²) in [6.45, 7) is 0.524. The van der Waals surface area contributed by atoms with Gasteiger partial charge in [0, 0.05) is 6.29 Å². The zero-order chi connectivity index (χ0) is 25.5. The maximum atomic E-state index is 12.3. The SMILES string of the molecule is C[C@@H]1O[C@@H](O[C@H]2[C@H](O[C@H]3C([O-])O[C@H](C(=O)O)[C@@H](O)[C@@H]3O)O[C@H](CO)[C@H](O)[C@@H]2O)[C@H](O)[C@H](O)[C@H]1O. The van der Waals surface area contributed by atoms with Crippen molar-refractivity contribution >= 4 is 5.97 Å². The maximum absolute atomic E-state index is 12.3. The molecule has 198 valence electrons. The minimum atomic E-state index is -2.35. The summed E-state index contributed by atoms with van der Waals surface area (Å²) in [6, 6.07) is 0. The highest BCUT2D eigenvalue weighted by atomic mass is 16.8. The van der Waals surface area contributed by atoms with E-state index in [9.17, 15) is 50.8 Å². The first-order valence-corrected chi connectivity index (χ1v) is 10.4. The summed E-state index contributed by atoms with van der Waals surface area (Å²) in [5.74, 6) is -1.71. The highest BCUT2D eigenvalue weighted by molar-refractivity contribution is 5.73. The summed E-state index contributed by atoms with van der Waals surface area (Å²) in [6.07, 6.45) is -27.1. The van der Waals surface area contributed by atoms with Gasteiger partial charge in [0.2, 0.25) is 0 Å². The lowest BCUT2D eigenvalue weighted by molar-refractivity contribution is -0.538. The van der Waals surface area contributed by atoms with Crippen molar-refractivity contribution in [3.05, 3.63) is 0 Å². The molecule has 15 atom stereocenters. The number of hydrogen-bond donors (Lipinski definition) is 9. The molecule has 34 heavy (non-hydrogen) atoms. The van der Waals surface area contributed by atoms with Gasteiger partial charge < -0.3 is 74.7 Å². The van der Waals surface area contributed by atoms with Gasteiger partial charge in [-0.1, -0.05) is 0 Å². The van der Waals surface area contributed by atoms with Crippen LogP contribution in [0.3, 0.4) is 0 Å². The average molecular weight is 501 g/mol. The fourth-order valence-electron chi connectivity index (χ4n) is 3.93. The van der Waals surface area contributed by atoms with Crippen LogP contribution < -0.4 is 5.11 Å². The van der Waals surface area contributed by atoms with Crippen LogP contribution in [-0.2, 0) is 28.5 Å². The van der Waals surface area contributed by atoms with Crippen molar-refractivity contribution < 1.29 is 79.5 Å². The molecule has 1 unspecified atom stereocenters. The maximum Gasteiger partial charge on any atom is 0.335 e. The van der Waals surface area contributed by atoms with Crippen LogP contribution in [0.2, 0.25) is 0 Å². The molecule has 3 saturated heterocycles. The van der Waals surface area contributed by atoms with Gasteiger partial charge in [0.05, 0.1) is 12.7 Å². The Morgan fingerprint density at radius 3 is 1.94 bits per heavy atom. The molecule has 9 N–H and O–H groups in total. The summed E-state index contributed by atoms with van der Waals surface area (Å²) >= 11 is 0. The van der Waals surface area contributed by atoms with E-state index in [2.05, 4.69) is 4.74 Å². The van der Waals surface area contributed by atoms with Gasteiger partial charge in [-0.05, 0) is 6.92 Å². The van der Waals surface area contributed by atoms with E-state index in [1.807, 2.05) is 0 Å². The van der Waals surface area contributed by atoms with Gasteiger partial charge in [0.25, 0.3) is 0 Å². The Balaban J connectivity index is 1.82. The lowest BCUT2D eigenvalue weighted by atomic mass is 9.96. The van der Waals surface area contributed by atoms with Crippen molar-refractivity contribution in [2.45, 2.75) is 99.0 Å². The molecule has 0 aromatic rings. The predicted molar refractivity (Wildman–Crippen MR) is 98.2 cm³/mol. The van der Waals surface area contributed by atoms with Crippen molar-refractivity contribution in [1.82, 2.24) is 0 Å². The van der Waals surface area contributed by atoms with E-state index in [0.29, 0.717) is 0 Å². The lowest BCUT2D eigenvalue weighted by Gasteiger charge is -2.49. The molecule has 3 rings (SSSR count). The first kappa shape index (κ1) is 27.5. The van der Waals surface area contributed by atoms with Gasteiger partial charge in [0.1, 0.15) is 61.0 Å². The smallest absolute Gasteiger partial charge is 0.335 e. The monoisotopic (exact) mass is 501 g/mol. The first-order valence-electron chi connectivity index (χ1n) is 10.4. The molecule has 0 aliphatic carbocycles. The van der Waals surface area contributed by atoms with Crippen LogP contribution in [0.5, 0.6) is 0 Å². The third-order valence-electron chi connectivity index (χ3n) is 6.00. The summed E-state index contributed by atoms with van der Waals surface area (Å²) in [5, 5.41) is 102. The van der Waals surface area contributed by atoms with E-state index < -0.39 is 105 Å². The van der Waals surface area contributed by atoms with Crippen LogP contribution in [0.15, 0.2) is 0 Å². The zero-order valence-corrected chi connectivity index (χ0v) is 17.8. The van der Waals surface area contributed by atoms with Gasteiger partial charge in [-0.15, -0.1) is 0 Å². The Morgan fingerprint density at radius 1 is 0.765 bits per heavy atom. The van der Waals surface area contributed by atoms with Crippen molar-refractivity contribution in [2.24, 2.45) is 0 Å². The molecule has 16 nitrogen and oxygen atoms in total. The molecule has 0 spiro atoms. The number of aliphatic hydroxyl groups is 8. The molecule has 0 saturated carbocycles. The molecule has 0 aromatic heterocycles. The Labute approximate surface area is 192 Å². The highest BCUT2D eigenvalue weighted by Gasteiger charge is 2.53. The van der Waals surface area contributed by atoms with Gasteiger partial charge >= 0.3 is 5.97 Å². The van der Waals surface area contributed by atoms with Crippen LogP contribution in [0, 0.1) is 0 Å². The van der Waals surface area contributed by atoms with E-state index in [1.165, 1.54) is 6.92 Å². The minimum Gasteiger partial charge on any atom is -0.829 e. The third-order valence-corrected chi connectivity index (χ3v) is 6.00. The Hall–Kier alpha value is -1.09. The summed E-state index contributed by atoms with van der Waals surface area (Å²) < 4.78 is 26.1. The normalized spacial score (nSPS) is 52.4. The van der Waals surface area contributed by atoms with Crippen molar-refractivity contribution in [3.63, 3.8) is 0 Å². The van der Waals surface area contributed by atoms with E-state index in [0.717, 1.165) is 0 Å². The van der Waals surface area contributed by atoms with Gasteiger partial charge in [-0.2, -0.15) is 0 Å². The molecule has 3 heterocycles. The summed E-state index contributed by atoms with van der Waals surface area (Å²) in [5.41, 5.74) is 0. The van der Waals surface area contributed by atoms with E-state index in [-0.39, 0.29) is 0 Å². The van der Waals surface area contributed by atoms with Gasteiger partial charge in [-0.3, -0.25) is 0 Å². The molecule has 3 aliphatic heterocycles. The Kier molecular flexibility index (Phi) is 8.81. The summed E-state index contributed by atoms with van der Waals surface area (Å²) in [7, 11) is 0. The number of hydrogen-bond acceptors (Lipinski definition) is 15. The van der Waals surface area contributed by atoms with E-state index in [1.54, 1.807) is 0 Å². The molecule has 0 amide bonds. The topological polar surface area (TPSA) is 268 Å². The van der Waals surface area contributed by atoms with Crippen LogP contribution in [0.1, 0.15) is 6.92 Å². The van der Waals surface area contributed by atoms with Gasteiger partial charge in [0.15, 0.2) is 18.7 Å². The number of carbonyl (C=O) groups is 1. The third kappa shape index (κ3) is 5.20.